The van der Waals surface area contributed by atoms with E-state index >= 15 is 0 Å². The maximum absolute atomic E-state index is 12.7. The Bertz CT molecular complexity index is 588. The van der Waals surface area contributed by atoms with Gasteiger partial charge in [-0.2, -0.15) is 0 Å². The van der Waals surface area contributed by atoms with Crippen molar-refractivity contribution in [2.24, 2.45) is 10.8 Å². The molecule has 4 aliphatic carbocycles. The third kappa shape index (κ3) is 4.44. The largest absolute Gasteiger partial charge is 0.348 e. The summed E-state index contributed by atoms with van der Waals surface area (Å²) in [5.41, 5.74) is -0.468. The summed E-state index contributed by atoms with van der Waals surface area (Å²) < 4.78 is -1.96. The minimum Gasteiger partial charge on any atom is -0.348 e. The first-order chi connectivity index (χ1) is 11.5. The minimum atomic E-state index is -0.981. The van der Waals surface area contributed by atoms with E-state index in [0.29, 0.717) is 0 Å². The summed E-state index contributed by atoms with van der Waals surface area (Å²) in [4.78, 5) is 25.4. The Morgan fingerprint density at radius 2 is 0.962 bits per heavy atom. The van der Waals surface area contributed by atoms with Crippen LogP contribution in [0.2, 0.25) is 0 Å². The van der Waals surface area contributed by atoms with E-state index in [2.05, 4.69) is 120 Å². The maximum atomic E-state index is 12.7. The summed E-state index contributed by atoms with van der Waals surface area (Å²) >= 11 is 19.9. The van der Waals surface area contributed by atoms with Crippen molar-refractivity contribution in [3.8, 4) is 0 Å². The molecule has 0 radical (unpaired) electrons. The number of amides is 2. The van der Waals surface area contributed by atoms with Crippen molar-refractivity contribution in [2.75, 3.05) is 0 Å². The van der Waals surface area contributed by atoms with Gasteiger partial charge in [0.1, 0.15) is 0 Å². The molecular weight excluding hydrogens is 732 g/mol. The van der Waals surface area contributed by atoms with E-state index in [9.17, 15) is 9.59 Å². The van der Waals surface area contributed by atoms with Crippen LogP contribution in [0.15, 0.2) is 0 Å². The van der Waals surface area contributed by atoms with E-state index in [1.165, 1.54) is 0 Å². The fraction of sp³-hybridized carbons (Fsp3) is 0.875. The topological polar surface area (TPSA) is 58.2 Å². The molecular formula is C16H20Br6N2O2. The normalized spacial score (nSPS) is 41.8. The van der Waals surface area contributed by atoms with E-state index in [4.69, 9.17) is 0 Å². The number of hydrogen-bond donors (Lipinski definition) is 2. The Labute approximate surface area is 204 Å². The van der Waals surface area contributed by atoms with Crippen molar-refractivity contribution in [3.63, 3.8) is 0 Å². The molecule has 0 unspecified atom stereocenters. The van der Waals surface area contributed by atoms with Gasteiger partial charge in [-0.3, -0.25) is 9.59 Å². The average molecular weight is 752 g/mol. The molecule has 0 aromatic carbocycles. The van der Waals surface area contributed by atoms with Crippen molar-refractivity contribution in [1.82, 2.24) is 10.6 Å². The zero-order valence-electron chi connectivity index (χ0n) is 14.3. The third-order valence-electron chi connectivity index (χ3n) is 5.86. The monoisotopic (exact) mass is 746 g/mol. The lowest BCUT2D eigenvalue weighted by molar-refractivity contribution is -0.154. The quantitative estimate of drug-likeness (QED) is 0.353. The Kier molecular flexibility index (Phi) is 5.76. The van der Waals surface area contributed by atoms with E-state index in [-0.39, 0.29) is 33.7 Å². The lowest BCUT2D eigenvalue weighted by Gasteiger charge is -2.69. The van der Waals surface area contributed by atoms with Gasteiger partial charge in [-0.1, -0.05) is 13.8 Å². The lowest BCUT2D eigenvalue weighted by atomic mass is 9.40. The minimum absolute atomic E-state index is 0.0885. The molecule has 4 rings (SSSR count). The molecule has 0 aliphatic heterocycles. The molecule has 4 fully saturated rings. The second kappa shape index (κ2) is 6.66. The zero-order chi connectivity index (χ0) is 19.8. The second-order valence-corrected chi connectivity index (χ2v) is 22.7. The molecule has 0 aromatic rings. The fourth-order valence-electron chi connectivity index (χ4n) is 6.58. The van der Waals surface area contributed by atoms with Gasteiger partial charge in [0.2, 0.25) is 4.29 Å². The summed E-state index contributed by atoms with van der Waals surface area (Å²) in [5, 5.41) is 6.57. The van der Waals surface area contributed by atoms with Gasteiger partial charge in [0.25, 0.3) is 11.8 Å². The van der Waals surface area contributed by atoms with Gasteiger partial charge in [-0.15, -0.1) is 0 Å². The van der Waals surface area contributed by atoms with Crippen LogP contribution in [-0.2, 0) is 9.59 Å². The van der Waals surface area contributed by atoms with Crippen molar-refractivity contribution in [2.45, 2.75) is 67.7 Å². The van der Waals surface area contributed by atoms with Gasteiger partial charge >= 0.3 is 0 Å². The average Bonchev–Trinajstić information content (AvgIpc) is 2.29. The van der Waals surface area contributed by atoms with Gasteiger partial charge in [-0.05, 0) is 145 Å². The van der Waals surface area contributed by atoms with Gasteiger partial charge in [-0.25, -0.2) is 0 Å². The highest BCUT2D eigenvalue weighted by atomic mass is 80.0. The number of alkyl halides is 6. The molecule has 2 amide bonds. The summed E-state index contributed by atoms with van der Waals surface area (Å²) in [6.45, 7) is 4.58. The smallest absolute Gasteiger partial charge is 0.259 e. The molecule has 4 saturated carbocycles. The van der Waals surface area contributed by atoms with Gasteiger partial charge in [0, 0.05) is 11.1 Å². The van der Waals surface area contributed by atoms with Crippen LogP contribution >= 0.6 is 95.6 Å². The lowest BCUT2D eigenvalue weighted by Crippen LogP contribution is -2.75. The Morgan fingerprint density at radius 1 is 0.654 bits per heavy atom. The number of halogens is 6. The van der Waals surface area contributed by atoms with Gasteiger partial charge in [0.15, 0.2) is 0 Å². The summed E-state index contributed by atoms with van der Waals surface area (Å²) in [6.07, 6.45) is 5.61. The van der Waals surface area contributed by atoms with Crippen LogP contribution in [0.5, 0.6) is 0 Å². The molecule has 10 heteroatoms. The van der Waals surface area contributed by atoms with Crippen LogP contribution in [0.1, 0.15) is 52.4 Å². The van der Waals surface area contributed by atoms with Crippen molar-refractivity contribution >= 4 is 107 Å². The number of nitrogens with one attached hydrogen (secondary N) is 2. The highest BCUT2D eigenvalue weighted by Crippen LogP contribution is 2.67. The predicted octanol–water partition coefficient (Wildman–Crippen LogP) is 5.77. The summed E-state index contributed by atoms with van der Waals surface area (Å²) in [7, 11) is 0. The number of rotatable bonds is 2. The van der Waals surface area contributed by atoms with Crippen molar-refractivity contribution < 1.29 is 9.59 Å². The van der Waals surface area contributed by atoms with Crippen molar-refractivity contribution in [1.29, 1.82) is 0 Å². The molecule has 26 heavy (non-hydrogen) atoms. The van der Waals surface area contributed by atoms with E-state index < -0.39 is 4.29 Å². The maximum Gasteiger partial charge on any atom is 0.259 e. The number of hydrogen-bond acceptors (Lipinski definition) is 2. The summed E-state index contributed by atoms with van der Waals surface area (Å²) in [6, 6.07) is 0. The SMILES string of the molecule is CC12CC3(C)CC(NC(=O)C(Br)(Br)Br)(C1)CC(NC(=O)C(Br)(Br)Br)(C2)C3. The Hall–Kier alpha value is 1.82. The molecule has 0 aromatic heterocycles. The molecule has 0 atom stereocenters. The third-order valence-corrected chi connectivity index (χ3v) is 8.02. The molecule has 4 bridgehead atoms. The first-order valence-corrected chi connectivity index (χ1v) is 13.0. The highest BCUT2D eigenvalue weighted by Gasteiger charge is 2.67. The van der Waals surface area contributed by atoms with Gasteiger partial charge < -0.3 is 10.6 Å². The van der Waals surface area contributed by atoms with Crippen molar-refractivity contribution in [3.05, 3.63) is 0 Å². The molecule has 2 N–H and O–H groups in total. The van der Waals surface area contributed by atoms with Crippen LogP contribution in [0.3, 0.4) is 0 Å². The van der Waals surface area contributed by atoms with E-state index in [1.54, 1.807) is 0 Å². The van der Waals surface area contributed by atoms with E-state index in [0.717, 1.165) is 38.5 Å². The van der Waals surface area contributed by atoms with Crippen LogP contribution in [0, 0.1) is 10.8 Å². The molecule has 0 spiro atoms. The fourth-order valence-corrected chi connectivity index (χ4v) is 7.18. The standard InChI is InChI=1S/C16H20Br6N2O2/c1-11-3-12(2)6-13(4-11,23-9(25)15(17,18)19)8-14(5-11,7-12)24-10(26)16(20,21)22/h3-8H2,1-2H3,(H,23,25)(H,24,26). The number of carbonyl (C=O) groups excluding carboxylic acids is 2. The van der Waals surface area contributed by atoms with E-state index in [1.807, 2.05) is 0 Å². The highest BCUT2D eigenvalue weighted by molar-refractivity contribution is 9.40. The van der Waals surface area contributed by atoms with Crippen LogP contribution < -0.4 is 10.6 Å². The molecule has 4 nitrogen and oxygen atoms in total. The summed E-state index contributed by atoms with van der Waals surface area (Å²) in [5.74, 6) is -0.298. The first-order valence-electron chi connectivity index (χ1n) is 8.28. The zero-order valence-corrected chi connectivity index (χ0v) is 23.8. The Balaban J connectivity index is 1.95. The number of carbonyl (C=O) groups is 2. The molecule has 0 heterocycles. The molecule has 4 aliphatic rings. The second-order valence-electron chi connectivity index (χ2n) is 9.15. The van der Waals surface area contributed by atoms with Crippen LogP contribution in [0.25, 0.3) is 0 Å². The first kappa shape index (κ1) is 22.5. The molecule has 148 valence electrons. The van der Waals surface area contributed by atoms with Crippen LogP contribution in [0.4, 0.5) is 0 Å². The van der Waals surface area contributed by atoms with Crippen LogP contribution in [-0.4, -0.2) is 27.2 Å². The Morgan fingerprint density at radius 3 is 1.23 bits per heavy atom. The van der Waals surface area contributed by atoms with Gasteiger partial charge in [0.05, 0.1) is 0 Å². The molecule has 0 saturated heterocycles. The predicted molar refractivity (Wildman–Crippen MR) is 125 cm³/mol.